The van der Waals surface area contributed by atoms with Crippen molar-refractivity contribution in [2.45, 2.75) is 12.8 Å². The first-order chi connectivity index (χ1) is 9.70. The van der Waals surface area contributed by atoms with Crippen molar-refractivity contribution < 1.29 is 14.4 Å². The van der Waals surface area contributed by atoms with Crippen LogP contribution in [0.2, 0.25) is 0 Å². The maximum absolute atomic E-state index is 11.9. The number of amidine groups is 1. The van der Waals surface area contributed by atoms with Crippen molar-refractivity contribution in [1.29, 1.82) is 0 Å². The number of nitrogens with two attached hydrogens (primary N) is 1. The second-order valence-electron chi connectivity index (χ2n) is 4.16. The SMILES string of the molecule is N/C(=N/O)c1ccccc1NC(=O)CCc1ccco1. The molecule has 0 radical (unpaired) electrons. The van der Waals surface area contributed by atoms with Crippen LogP contribution in [0.3, 0.4) is 0 Å². The third kappa shape index (κ3) is 3.38. The Morgan fingerprint density at radius 3 is 2.80 bits per heavy atom. The molecule has 104 valence electrons. The van der Waals surface area contributed by atoms with Crippen LogP contribution in [0.15, 0.2) is 52.2 Å². The lowest BCUT2D eigenvalue weighted by Crippen LogP contribution is -2.19. The summed E-state index contributed by atoms with van der Waals surface area (Å²) >= 11 is 0. The van der Waals surface area contributed by atoms with E-state index in [1.165, 1.54) is 0 Å². The summed E-state index contributed by atoms with van der Waals surface area (Å²) in [5.41, 5.74) is 6.54. The van der Waals surface area contributed by atoms with E-state index in [4.69, 9.17) is 15.4 Å². The number of carbonyl (C=O) groups excluding carboxylic acids is 1. The largest absolute Gasteiger partial charge is 0.469 e. The molecule has 2 aromatic rings. The van der Waals surface area contributed by atoms with Gasteiger partial charge >= 0.3 is 0 Å². The fourth-order valence-electron chi connectivity index (χ4n) is 1.77. The quantitative estimate of drug-likeness (QED) is 0.335. The lowest BCUT2D eigenvalue weighted by Gasteiger charge is -2.09. The monoisotopic (exact) mass is 273 g/mol. The third-order valence-electron chi connectivity index (χ3n) is 2.76. The van der Waals surface area contributed by atoms with Gasteiger partial charge in [0.25, 0.3) is 0 Å². The van der Waals surface area contributed by atoms with E-state index in [0.717, 1.165) is 5.76 Å². The number of anilines is 1. The summed E-state index contributed by atoms with van der Waals surface area (Å²) in [6.45, 7) is 0. The number of carbonyl (C=O) groups is 1. The van der Waals surface area contributed by atoms with Crippen LogP contribution in [0.25, 0.3) is 0 Å². The molecule has 0 fully saturated rings. The average molecular weight is 273 g/mol. The molecule has 0 unspecified atom stereocenters. The first-order valence-electron chi connectivity index (χ1n) is 6.10. The van der Waals surface area contributed by atoms with Crippen LogP contribution in [0.4, 0.5) is 5.69 Å². The Labute approximate surface area is 115 Å². The van der Waals surface area contributed by atoms with Gasteiger partial charge in [0, 0.05) is 18.4 Å². The van der Waals surface area contributed by atoms with Crippen LogP contribution in [0, 0.1) is 0 Å². The number of rotatable bonds is 5. The highest BCUT2D eigenvalue weighted by Gasteiger charge is 2.10. The zero-order valence-electron chi connectivity index (χ0n) is 10.7. The molecule has 0 aliphatic carbocycles. The van der Waals surface area contributed by atoms with Gasteiger partial charge in [-0.05, 0) is 24.3 Å². The van der Waals surface area contributed by atoms with Gasteiger partial charge in [0.15, 0.2) is 5.84 Å². The molecule has 1 aromatic carbocycles. The summed E-state index contributed by atoms with van der Waals surface area (Å²) in [7, 11) is 0. The molecule has 0 aliphatic heterocycles. The number of nitrogens with zero attached hydrogens (tertiary/aromatic N) is 1. The van der Waals surface area contributed by atoms with Crippen molar-refractivity contribution in [3.05, 3.63) is 54.0 Å². The van der Waals surface area contributed by atoms with Crippen molar-refractivity contribution in [3.8, 4) is 0 Å². The zero-order chi connectivity index (χ0) is 14.4. The van der Waals surface area contributed by atoms with Crippen LogP contribution in [0.5, 0.6) is 0 Å². The fourth-order valence-corrected chi connectivity index (χ4v) is 1.77. The summed E-state index contributed by atoms with van der Waals surface area (Å²) in [6.07, 6.45) is 2.38. The van der Waals surface area contributed by atoms with Gasteiger partial charge < -0.3 is 20.7 Å². The summed E-state index contributed by atoms with van der Waals surface area (Å²) in [6, 6.07) is 10.5. The number of furan rings is 1. The Hall–Kier alpha value is -2.76. The van der Waals surface area contributed by atoms with Gasteiger partial charge in [0.1, 0.15) is 5.76 Å². The molecule has 0 atom stereocenters. The highest BCUT2D eigenvalue weighted by molar-refractivity contribution is 6.05. The lowest BCUT2D eigenvalue weighted by atomic mass is 10.1. The Balaban J connectivity index is 2.01. The van der Waals surface area contributed by atoms with E-state index in [1.54, 1.807) is 36.6 Å². The van der Waals surface area contributed by atoms with E-state index >= 15 is 0 Å². The molecule has 1 amide bonds. The summed E-state index contributed by atoms with van der Waals surface area (Å²) in [5, 5.41) is 14.4. The number of aryl methyl sites for hydroxylation is 1. The minimum absolute atomic E-state index is 0.0491. The molecular formula is C14H15N3O3. The van der Waals surface area contributed by atoms with Gasteiger partial charge in [0.05, 0.1) is 12.0 Å². The average Bonchev–Trinajstić information content (AvgIpc) is 2.98. The third-order valence-corrected chi connectivity index (χ3v) is 2.76. The van der Waals surface area contributed by atoms with Crippen LogP contribution in [0.1, 0.15) is 17.7 Å². The second-order valence-corrected chi connectivity index (χ2v) is 4.16. The van der Waals surface area contributed by atoms with Crippen molar-refractivity contribution in [2.24, 2.45) is 10.9 Å². The maximum Gasteiger partial charge on any atom is 0.224 e. The molecule has 2 rings (SSSR count). The highest BCUT2D eigenvalue weighted by atomic mass is 16.4. The van der Waals surface area contributed by atoms with Crippen LogP contribution < -0.4 is 11.1 Å². The molecule has 20 heavy (non-hydrogen) atoms. The molecule has 0 spiro atoms. The van der Waals surface area contributed by atoms with Crippen molar-refractivity contribution in [3.63, 3.8) is 0 Å². The minimum Gasteiger partial charge on any atom is -0.469 e. The topological polar surface area (TPSA) is 101 Å². The van der Waals surface area contributed by atoms with E-state index in [9.17, 15) is 4.79 Å². The molecule has 1 heterocycles. The smallest absolute Gasteiger partial charge is 0.224 e. The molecule has 0 saturated heterocycles. The van der Waals surface area contributed by atoms with E-state index in [0.29, 0.717) is 17.7 Å². The Kier molecular flexibility index (Phi) is 4.39. The predicted octanol–water partition coefficient (Wildman–Crippen LogP) is 1.95. The summed E-state index contributed by atoms with van der Waals surface area (Å²) < 4.78 is 5.16. The number of hydrogen-bond donors (Lipinski definition) is 3. The van der Waals surface area contributed by atoms with Gasteiger partial charge in [0.2, 0.25) is 5.91 Å². The molecule has 1 aromatic heterocycles. The Bertz CT molecular complexity index is 606. The van der Waals surface area contributed by atoms with Crippen molar-refractivity contribution in [2.75, 3.05) is 5.32 Å². The standard InChI is InChI=1S/C14H15N3O3/c15-14(17-19)11-5-1-2-6-12(11)16-13(18)8-7-10-4-3-9-20-10/h1-6,9,19H,7-8H2,(H2,15,17)(H,16,18). The number of benzene rings is 1. The zero-order valence-corrected chi connectivity index (χ0v) is 10.7. The number of hydrogen-bond acceptors (Lipinski definition) is 4. The van der Waals surface area contributed by atoms with E-state index in [2.05, 4.69) is 10.5 Å². The van der Waals surface area contributed by atoms with E-state index < -0.39 is 0 Å². The van der Waals surface area contributed by atoms with Crippen molar-refractivity contribution in [1.82, 2.24) is 0 Å². The van der Waals surface area contributed by atoms with E-state index in [1.807, 2.05) is 6.07 Å². The van der Waals surface area contributed by atoms with E-state index in [-0.39, 0.29) is 18.2 Å². The number of nitrogens with one attached hydrogen (secondary N) is 1. The number of para-hydroxylation sites is 1. The van der Waals surface area contributed by atoms with Crippen molar-refractivity contribution >= 4 is 17.4 Å². The van der Waals surface area contributed by atoms with Gasteiger partial charge in [-0.3, -0.25) is 4.79 Å². The van der Waals surface area contributed by atoms with Gasteiger partial charge in [-0.2, -0.15) is 0 Å². The normalized spacial score (nSPS) is 11.3. The summed E-state index contributed by atoms with van der Waals surface area (Å²) in [4.78, 5) is 11.9. The molecule has 0 bridgehead atoms. The first kappa shape index (κ1) is 13.7. The minimum atomic E-state index is -0.167. The molecular weight excluding hydrogens is 258 g/mol. The van der Waals surface area contributed by atoms with Crippen LogP contribution in [-0.4, -0.2) is 17.0 Å². The van der Waals surface area contributed by atoms with Gasteiger partial charge in [-0.15, -0.1) is 0 Å². The first-order valence-corrected chi connectivity index (χ1v) is 6.10. The van der Waals surface area contributed by atoms with Gasteiger partial charge in [-0.1, -0.05) is 17.3 Å². The Morgan fingerprint density at radius 2 is 2.10 bits per heavy atom. The molecule has 4 N–H and O–H groups in total. The molecule has 0 aliphatic rings. The molecule has 6 nitrogen and oxygen atoms in total. The van der Waals surface area contributed by atoms with Crippen LogP contribution >= 0.6 is 0 Å². The maximum atomic E-state index is 11.9. The lowest BCUT2D eigenvalue weighted by molar-refractivity contribution is -0.116. The Morgan fingerprint density at radius 1 is 1.30 bits per heavy atom. The van der Waals surface area contributed by atoms with Crippen LogP contribution in [-0.2, 0) is 11.2 Å². The molecule has 0 saturated carbocycles. The molecule has 6 heteroatoms. The highest BCUT2D eigenvalue weighted by Crippen LogP contribution is 2.15. The predicted molar refractivity (Wildman–Crippen MR) is 74.6 cm³/mol. The second kappa shape index (κ2) is 6.42. The fraction of sp³-hybridized carbons (Fsp3) is 0.143. The number of oxime groups is 1. The summed E-state index contributed by atoms with van der Waals surface area (Å²) in [5.74, 6) is 0.538. The number of amides is 1. The van der Waals surface area contributed by atoms with Gasteiger partial charge in [-0.25, -0.2) is 0 Å².